The minimum absolute atomic E-state index is 0.0600. The van der Waals surface area contributed by atoms with Gasteiger partial charge in [0.2, 0.25) is 0 Å². The van der Waals surface area contributed by atoms with E-state index < -0.39 is 0 Å². The number of ether oxygens (including phenoxy) is 1. The zero-order chi connectivity index (χ0) is 18.5. The predicted molar refractivity (Wildman–Crippen MR) is 104 cm³/mol. The number of hydrogen-bond acceptors (Lipinski definition) is 4. The van der Waals surface area contributed by atoms with E-state index in [-0.39, 0.29) is 17.9 Å². The maximum Gasteiger partial charge on any atom is 0.346 e. The smallest absolute Gasteiger partial charge is 0.346 e. The van der Waals surface area contributed by atoms with E-state index in [1.165, 1.54) is 77.3 Å². The lowest BCUT2D eigenvalue weighted by atomic mass is 9.90. The third kappa shape index (κ3) is 4.17. The third-order valence-electron chi connectivity index (χ3n) is 6.65. The summed E-state index contributed by atoms with van der Waals surface area (Å²) in [6, 6.07) is 1.58. The Hall–Kier alpha value is -1.26. The van der Waals surface area contributed by atoms with Crippen LogP contribution in [0.4, 0.5) is 0 Å². The summed E-state index contributed by atoms with van der Waals surface area (Å²) in [7, 11) is 1.51. The number of carbonyl (C=O) groups is 1. The summed E-state index contributed by atoms with van der Waals surface area (Å²) in [5.41, 5.74) is 0. The SMILES string of the molecule is CCCCCCCCC[C@@H]1C[C@@H]2CC[C@H]3[C@H](C(=O)OC)[C@H](C)NC(=[N+]23)N1. The van der Waals surface area contributed by atoms with Gasteiger partial charge in [-0.25, -0.2) is 0 Å². The molecule has 148 valence electrons. The van der Waals surface area contributed by atoms with Crippen molar-refractivity contribution in [3.05, 3.63) is 0 Å². The van der Waals surface area contributed by atoms with Gasteiger partial charge in [0.05, 0.1) is 31.3 Å². The first-order valence-corrected chi connectivity index (χ1v) is 10.9. The van der Waals surface area contributed by atoms with Crippen LogP contribution in [0.2, 0.25) is 0 Å². The van der Waals surface area contributed by atoms with E-state index in [4.69, 9.17) is 4.74 Å². The van der Waals surface area contributed by atoms with E-state index in [2.05, 4.69) is 29.1 Å². The fourth-order valence-corrected chi connectivity index (χ4v) is 5.29. The Balaban J connectivity index is 1.52. The molecule has 0 aromatic heterocycles. The van der Waals surface area contributed by atoms with Crippen molar-refractivity contribution >= 4 is 11.9 Å². The highest BCUT2D eigenvalue weighted by molar-refractivity contribution is 5.80. The van der Waals surface area contributed by atoms with E-state index in [1.54, 1.807) is 0 Å². The maximum atomic E-state index is 12.3. The van der Waals surface area contributed by atoms with Gasteiger partial charge in [-0.2, -0.15) is 0 Å². The standard InChI is InChI=1S/C21H37N3O2/c1-4-5-6-7-8-9-10-11-16-14-17-12-13-18-19(20(25)26-3)15(2)22-21(23-16)24(17)18/h15-19H,4-14H2,1-3H3,(H,22,23)/p+1/t15-,16+,17-,18-,19+/m0/s1. The van der Waals surface area contributed by atoms with Crippen LogP contribution in [0.1, 0.15) is 84.5 Å². The molecule has 0 aromatic carbocycles. The van der Waals surface area contributed by atoms with Gasteiger partial charge in [-0.15, -0.1) is 0 Å². The number of unbranched alkanes of at least 4 members (excludes halogenated alkanes) is 6. The number of nitrogens with zero attached hydrogens (tertiary/aromatic N) is 1. The molecule has 2 N–H and O–H groups in total. The number of hydrogen-bond donors (Lipinski definition) is 2. The van der Waals surface area contributed by atoms with Crippen LogP contribution < -0.4 is 10.6 Å². The quantitative estimate of drug-likeness (QED) is 0.375. The Kier molecular flexibility index (Phi) is 6.82. The summed E-state index contributed by atoms with van der Waals surface area (Å²) in [5, 5.41) is 7.32. The first kappa shape index (κ1) is 19.5. The van der Waals surface area contributed by atoms with E-state index in [0.717, 1.165) is 6.42 Å². The Morgan fingerprint density at radius 2 is 1.85 bits per heavy atom. The number of rotatable bonds is 9. The van der Waals surface area contributed by atoms with Crippen molar-refractivity contribution in [1.82, 2.24) is 10.6 Å². The zero-order valence-electron chi connectivity index (χ0n) is 16.9. The van der Waals surface area contributed by atoms with Crippen molar-refractivity contribution in [1.29, 1.82) is 0 Å². The Morgan fingerprint density at radius 1 is 1.12 bits per heavy atom. The predicted octanol–water partition coefficient (Wildman–Crippen LogP) is 3.17. The van der Waals surface area contributed by atoms with E-state index in [9.17, 15) is 4.79 Å². The Morgan fingerprint density at radius 3 is 2.58 bits per heavy atom. The molecule has 0 aliphatic carbocycles. The molecule has 0 amide bonds. The third-order valence-corrected chi connectivity index (χ3v) is 6.65. The van der Waals surface area contributed by atoms with Crippen LogP contribution in [0, 0.1) is 5.92 Å². The van der Waals surface area contributed by atoms with Crippen LogP contribution in [0.25, 0.3) is 0 Å². The molecular formula is C21H38N3O2+. The van der Waals surface area contributed by atoms with E-state index in [0.29, 0.717) is 18.1 Å². The molecule has 0 spiro atoms. The lowest BCUT2D eigenvalue weighted by Crippen LogP contribution is -2.66. The lowest BCUT2D eigenvalue weighted by molar-refractivity contribution is -0.598. The highest BCUT2D eigenvalue weighted by atomic mass is 16.5. The molecule has 26 heavy (non-hydrogen) atoms. The van der Waals surface area contributed by atoms with Crippen LogP contribution >= 0.6 is 0 Å². The molecule has 0 radical (unpaired) electrons. The normalized spacial score (nSPS) is 32.7. The van der Waals surface area contributed by atoms with Gasteiger partial charge in [0.1, 0.15) is 5.92 Å². The Bertz CT molecular complexity index is 519. The van der Waals surface area contributed by atoms with Gasteiger partial charge in [0.25, 0.3) is 0 Å². The highest BCUT2D eigenvalue weighted by Crippen LogP contribution is 2.34. The number of esters is 1. The molecular weight excluding hydrogens is 326 g/mol. The largest absolute Gasteiger partial charge is 0.469 e. The average Bonchev–Trinajstić information content (AvgIpc) is 3.05. The van der Waals surface area contributed by atoms with Crippen LogP contribution in [0.5, 0.6) is 0 Å². The monoisotopic (exact) mass is 364 g/mol. The summed E-state index contributed by atoms with van der Waals surface area (Å²) >= 11 is 0. The average molecular weight is 365 g/mol. The second-order valence-electron chi connectivity index (χ2n) is 8.52. The van der Waals surface area contributed by atoms with E-state index in [1.807, 2.05) is 0 Å². The molecule has 0 saturated carbocycles. The number of carbonyl (C=O) groups excluding carboxylic acids is 1. The summed E-state index contributed by atoms with van der Waals surface area (Å²) in [6.45, 7) is 4.39. The van der Waals surface area contributed by atoms with Crippen LogP contribution in [0.15, 0.2) is 0 Å². The molecule has 0 bridgehead atoms. The molecule has 3 aliphatic rings. The van der Waals surface area contributed by atoms with Crippen molar-refractivity contribution in [3.63, 3.8) is 0 Å². The van der Waals surface area contributed by atoms with Crippen molar-refractivity contribution in [2.45, 2.75) is 109 Å². The van der Waals surface area contributed by atoms with Crippen molar-refractivity contribution in [2.75, 3.05) is 7.11 Å². The van der Waals surface area contributed by atoms with Crippen LogP contribution in [0.3, 0.4) is 0 Å². The number of nitrogens with one attached hydrogen (secondary N) is 2. The molecule has 3 rings (SSSR count). The lowest BCUT2D eigenvalue weighted by Gasteiger charge is -2.38. The Labute approximate surface area is 159 Å². The summed E-state index contributed by atoms with van der Waals surface area (Å²) < 4.78 is 7.54. The number of methoxy groups -OCH3 is 1. The molecule has 1 fully saturated rings. The van der Waals surface area contributed by atoms with Crippen molar-refractivity contribution < 1.29 is 14.1 Å². The van der Waals surface area contributed by atoms with Gasteiger partial charge in [-0.3, -0.25) is 20.0 Å². The zero-order valence-corrected chi connectivity index (χ0v) is 16.9. The van der Waals surface area contributed by atoms with Gasteiger partial charge in [-0.1, -0.05) is 51.9 Å². The maximum absolute atomic E-state index is 12.3. The summed E-state index contributed by atoms with van der Waals surface area (Å²) in [5.74, 6) is 1.04. The summed E-state index contributed by atoms with van der Waals surface area (Å²) in [4.78, 5) is 12.3. The molecule has 5 heteroatoms. The van der Waals surface area contributed by atoms with Gasteiger partial charge < -0.3 is 4.74 Å². The van der Waals surface area contributed by atoms with Gasteiger partial charge in [0.15, 0.2) is 0 Å². The first-order chi connectivity index (χ1) is 12.7. The molecule has 0 unspecified atom stereocenters. The summed E-state index contributed by atoms with van der Waals surface area (Å²) in [6.07, 6.45) is 14.4. The molecule has 3 heterocycles. The second-order valence-corrected chi connectivity index (χ2v) is 8.52. The molecule has 1 saturated heterocycles. The van der Waals surface area contributed by atoms with Crippen molar-refractivity contribution in [2.24, 2.45) is 5.92 Å². The minimum atomic E-state index is -0.0695. The van der Waals surface area contributed by atoms with Gasteiger partial charge >= 0.3 is 11.9 Å². The number of guanidine groups is 1. The van der Waals surface area contributed by atoms with Gasteiger partial charge in [-0.05, 0) is 26.2 Å². The molecule has 5 nitrogen and oxygen atoms in total. The van der Waals surface area contributed by atoms with Gasteiger partial charge in [0, 0.05) is 6.42 Å². The van der Waals surface area contributed by atoms with Crippen LogP contribution in [-0.2, 0) is 9.53 Å². The minimum Gasteiger partial charge on any atom is -0.469 e. The molecule has 0 aromatic rings. The van der Waals surface area contributed by atoms with E-state index >= 15 is 0 Å². The second kappa shape index (κ2) is 9.09. The van der Waals surface area contributed by atoms with Crippen molar-refractivity contribution in [3.8, 4) is 0 Å². The molecule has 3 aliphatic heterocycles. The topological polar surface area (TPSA) is 53.4 Å². The fraction of sp³-hybridized carbons (Fsp3) is 0.905. The highest BCUT2D eigenvalue weighted by Gasteiger charge is 2.52. The fourth-order valence-electron chi connectivity index (χ4n) is 5.29. The van der Waals surface area contributed by atoms with Crippen LogP contribution in [-0.4, -0.2) is 47.8 Å². The first-order valence-electron chi connectivity index (χ1n) is 10.9. The molecule has 5 atom stereocenters.